The standard InChI is InChI=1S/C17H26N4O3/c1-24-15-4-8-18-19-16(15)13-5-10-20(11-6-13)14-3-2-9-21(12-7-14)17(22)23/h4,8,13-14H,2-3,5-7,9-12H2,1H3,(H,22,23). The second kappa shape index (κ2) is 7.79. The largest absolute Gasteiger partial charge is 0.495 e. The zero-order chi connectivity index (χ0) is 16.9. The van der Waals surface area contributed by atoms with Crippen molar-refractivity contribution in [2.45, 2.75) is 44.1 Å². The first-order valence-corrected chi connectivity index (χ1v) is 8.76. The summed E-state index contributed by atoms with van der Waals surface area (Å²) in [5, 5.41) is 17.5. The van der Waals surface area contributed by atoms with Gasteiger partial charge >= 0.3 is 6.09 Å². The van der Waals surface area contributed by atoms with Crippen LogP contribution in [0.2, 0.25) is 0 Å². The van der Waals surface area contributed by atoms with E-state index in [4.69, 9.17) is 9.84 Å². The molecule has 0 saturated carbocycles. The average molecular weight is 334 g/mol. The average Bonchev–Trinajstić information content (AvgIpc) is 2.88. The Morgan fingerprint density at radius 1 is 1.21 bits per heavy atom. The van der Waals surface area contributed by atoms with Crippen molar-refractivity contribution in [3.8, 4) is 5.75 Å². The van der Waals surface area contributed by atoms with E-state index in [1.807, 2.05) is 6.07 Å². The molecule has 7 heteroatoms. The van der Waals surface area contributed by atoms with Crippen LogP contribution >= 0.6 is 0 Å². The third-order valence-electron chi connectivity index (χ3n) is 5.33. The number of methoxy groups -OCH3 is 1. The Kier molecular flexibility index (Phi) is 5.50. The minimum atomic E-state index is -0.788. The van der Waals surface area contributed by atoms with Crippen LogP contribution in [0.1, 0.15) is 43.7 Å². The summed E-state index contributed by atoms with van der Waals surface area (Å²) in [5.41, 5.74) is 0.970. The first kappa shape index (κ1) is 17.0. The number of likely N-dealkylation sites (tertiary alicyclic amines) is 2. The number of carboxylic acid groups (broad SMARTS) is 1. The normalized spacial score (nSPS) is 23.7. The van der Waals surface area contributed by atoms with Crippen molar-refractivity contribution in [1.29, 1.82) is 0 Å². The molecule has 3 heterocycles. The van der Waals surface area contributed by atoms with Gasteiger partial charge in [0.05, 0.1) is 13.3 Å². The Balaban J connectivity index is 1.56. The summed E-state index contributed by atoms with van der Waals surface area (Å²) in [7, 11) is 1.68. The predicted molar refractivity (Wildman–Crippen MR) is 89.4 cm³/mol. The summed E-state index contributed by atoms with van der Waals surface area (Å²) in [4.78, 5) is 15.2. The summed E-state index contributed by atoms with van der Waals surface area (Å²) in [6.45, 7) is 3.38. The molecule has 0 aromatic carbocycles. The highest BCUT2D eigenvalue weighted by atomic mass is 16.5. The Hall–Kier alpha value is -1.89. The lowest BCUT2D eigenvalue weighted by Gasteiger charge is -2.37. The zero-order valence-corrected chi connectivity index (χ0v) is 14.2. The maximum absolute atomic E-state index is 11.1. The van der Waals surface area contributed by atoms with E-state index in [0.717, 1.165) is 56.6 Å². The number of hydrogen-bond donors (Lipinski definition) is 1. The maximum atomic E-state index is 11.1. The highest BCUT2D eigenvalue weighted by Gasteiger charge is 2.30. The topological polar surface area (TPSA) is 78.8 Å². The molecule has 1 aromatic heterocycles. The number of aromatic nitrogens is 2. The van der Waals surface area contributed by atoms with Crippen LogP contribution in [-0.2, 0) is 0 Å². The van der Waals surface area contributed by atoms with Crippen molar-refractivity contribution in [3.63, 3.8) is 0 Å². The van der Waals surface area contributed by atoms with Crippen molar-refractivity contribution in [1.82, 2.24) is 20.0 Å². The van der Waals surface area contributed by atoms with Gasteiger partial charge in [0.15, 0.2) is 0 Å². The van der Waals surface area contributed by atoms with Gasteiger partial charge in [-0.1, -0.05) is 0 Å². The minimum Gasteiger partial charge on any atom is -0.495 e. The van der Waals surface area contributed by atoms with Crippen LogP contribution in [0.25, 0.3) is 0 Å². The van der Waals surface area contributed by atoms with Crippen LogP contribution in [0.3, 0.4) is 0 Å². The Labute approximate surface area is 142 Å². The van der Waals surface area contributed by atoms with Crippen LogP contribution in [0, 0.1) is 0 Å². The van der Waals surface area contributed by atoms with Crippen LogP contribution in [0.5, 0.6) is 5.75 Å². The molecule has 2 saturated heterocycles. The molecule has 1 unspecified atom stereocenters. The SMILES string of the molecule is COc1ccnnc1C1CCN(C2CCCN(C(=O)O)CC2)CC1. The fraction of sp³-hybridized carbons (Fsp3) is 0.706. The van der Waals surface area contributed by atoms with Gasteiger partial charge in [-0.2, -0.15) is 10.2 Å². The molecular formula is C17H26N4O3. The Bertz CT molecular complexity index is 561. The van der Waals surface area contributed by atoms with Crippen molar-refractivity contribution in [3.05, 3.63) is 18.0 Å². The number of nitrogens with zero attached hydrogens (tertiary/aromatic N) is 4. The van der Waals surface area contributed by atoms with Crippen LogP contribution < -0.4 is 4.74 Å². The van der Waals surface area contributed by atoms with Gasteiger partial charge in [0.2, 0.25) is 0 Å². The van der Waals surface area contributed by atoms with Crippen LogP contribution in [-0.4, -0.2) is 70.5 Å². The third kappa shape index (κ3) is 3.77. The van der Waals surface area contributed by atoms with Crippen LogP contribution in [0.4, 0.5) is 4.79 Å². The lowest BCUT2D eigenvalue weighted by atomic mass is 9.91. The molecule has 7 nitrogen and oxygen atoms in total. The predicted octanol–water partition coefficient (Wildman–Crippen LogP) is 2.20. The monoisotopic (exact) mass is 334 g/mol. The summed E-state index contributed by atoms with van der Waals surface area (Å²) in [6, 6.07) is 2.37. The minimum absolute atomic E-state index is 0.395. The lowest BCUT2D eigenvalue weighted by Crippen LogP contribution is -2.41. The number of piperidine rings is 1. The molecule has 1 atom stereocenters. The number of carbonyl (C=O) groups is 1. The van der Waals surface area contributed by atoms with Gasteiger partial charge in [0.25, 0.3) is 0 Å². The highest BCUT2D eigenvalue weighted by molar-refractivity contribution is 5.64. The van der Waals surface area contributed by atoms with Gasteiger partial charge in [0.1, 0.15) is 11.4 Å². The quantitative estimate of drug-likeness (QED) is 0.913. The van der Waals surface area contributed by atoms with E-state index in [0.29, 0.717) is 25.0 Å². The van der Waals surface area contributed by atoms with E-state index in [9.17, 15) is 4.79 Å². The molecule has 132 valence electrons. The van der Waals surface area contributed by atoms with Gasteiger partial charge in [-0.3, -0.25) is 0 Å². The van der Waals surface area contributed by atoms with Crippen molar-refractivity contribution >= 4 is 6.09 Å². The number of rotatable bonds is 3. The summed E-state index contributed by atoms with van der Waals surface area (Å²) >= 11 is 0. The van der Waals surface area contributed by atoms with E-state index >= 15 is 0 Å². The van der Waals surface area contributed by atoms with E-state index in [1.54, 1.807) is 18.2 Å². The maximum Gasteiger partial charge on any atom is 0.407 e. The highest BCUT2D eigenvalue weighted by Crippen LogP contribution is 2.33. The summed E-state index contributed by atoms with van der Waals surface area (Å²) in [5.74, 6) is 1.22. The molecule has 3 rings (SSSR count). The molecule has 0 aliphatic carbocycles. The van der Waals surface area contributed by atoms with Crippen molar-refractivity contribution in [2.75, 3.05) is 33.3 Å². The van der Waals surface area contributed by atoms with E-state index in [-0.39, 0.29) is 0 Å². The first-order chi connectivity index (χ1) is 11.7. The molecule has 1 amide bonds. The van der Waals surface area contributed by atoms with Gasteiger partial charge in [-0.15, -0.1) is 0 Å². The second-order valence-corrected chi connectivity index (χ2v) is 6.65. The zero-order valence-electron chi connectivity index (χ0n) is 14.2. The lowest BCUT2D eigenvalue weighted by molar-refractivity contribution is 0.130. The molecule has 1 N–H and O–H groups in total. The molecule has 2 aliphatic heterocycles. The second-order valence-electron chi connectivity index (χ2n) is 6.65. The third-order valence-corrected chi connectivity index (χ3v) is 5.33. The van der Waals surface area contributed by atoms with Gasteiger partial charge in [0, 0.05) is 31.1 Å². The molecule has 1 aromatic rings. The number of hydrogen-bond acceptors (Lipinski definition) is 5. The first-order valence-electron chi connectivity index (χ1n) is 8.76. The van der Waals surface area contributed by atoms with Gasteiger partial charge < -0.3 is 19.6 Å². The Morgan fingerprint density at radius 2 is 2.00 bits per heavy atom. The molecule has 2 fully saturated rings. The molecule has 0 bridgehead atoms. The molecule has 24 heavy (non-hydrogen) atoms. The Morgan fingerprint density at radius 3 is 2.71 bits per heavy atom. The summed E-state index contributed by atoms with van der Waals surface area (Å²) < 4.78 is 5.42. The van der Waals surface area contributed by atoms with E-state index in [2.05, 4.69) is 15.1 Å². The van der Waals surface area contributed by atoms with E-state index in [1.165, 1.54) is 0 Å². The smallest absolute Gasteiger partial charge is 0.407 e. The number of amides is 1. The molecule has 0 radical (unpaired) electrons. The summed E-state index contributed by atoms with van der Waals surface area (Å²) in [6.07, 6.45) is 5.95. The van der Waals surface area contributed by atoms with Crippen molar-refractivity contribution < 1.29 is 14.6 Å². The number of ether oxygens (including phenoxy) is 1. The molecule has 2 aliphatic rings. The fourth-order valence-electron chi connectivity index (χ4n) is 3.96. The van der Waals surface area contributed by atoms with Gasteiger partial charge in [-0.25, -0.2) is 4.79 Å². The molecular weight excluding hydrogens is 308 g/mol. The van der Waals surface area contributed by atoms with Crippen LogP contribution in [0.15, 0.2) is 12.3 Å². The van der Waals surface area contributed by atoms with Crippen molar-refractivity contribution in [2.24, 2.45) is 0 Å². The fourth-order valence-corrected chi connectivity index (χ4v) is 3.96. The molecule has 0 spiro atoms. The van der Waals surface area contributed by atoms with E-state index < -0.39 is 6.09 Å². The van der Waals surface area contributed by atoms with Gasteiger partial charge in [-0.05, 0) is 45.2 Å².